The lowest BCUT2D eigenvalue weighted by Gasteiger charge is -2.22. The molecule has 6 nitrogen and oxygen atoms in total. The van der Waals surface area contributed by atoms with Gasteiger partial charge in [0.1, 0.15) is 0 Å². The maximum Gasteiger partial charge on any atom is 0.254 e. The van der Waals surface area contributed by atoms with Crippen LogP contribution in [-0.2, 0) is 0 Å². The van der Waals surface area contributed by atoms with Gasteiger partial charge in [-0.1, -0.05) is 0 Å². The van der Waals surface area contributed by atoms with Crippen LogP contribution in [0.4, 0.5) is 17.3 Å². The van der Waals surface area contributed by atoms with E-state index in [4.69, 9.17) is 0 Å². The zero-order valence-electron chi connectivity index (χ0n) is 15.0. The van der Waals surface area contributed by atoms with Crippen LogP contribution in [0.5, 0.6) is 0 Å². The van der Waals surface area contributed by atoms with E-state index in [1.807, 2.05) is 6.07 Å². The lowest BCUT2D eigenvalue weighted by molar-refractivity contribution is 0.0950. The summed E-state index contributed by atoms with van der Waals surface area (Å²) in [7, 11) is 0. The van der Waals surface area contributed by atoms with Crippen molar-refractivity contribution in [3.8, 4) is 0 Å². The van der Waals surface area contributed by atoms with Gasteiger partial charge in [-0.15, -0.1) is 0 Å². The molecule has 0 saturated heterocycles. The molecule has 0 atom stereocenters. The van der Waals surface area contributed by atoms with E-state index in [9.17, 15) is 4.79 Å². The predicted octanol–water partition coefficient (Wildman–Crippen LogP) is 3.27. The van der Waals surface area contributed by atoms with Gasteiger partial charge in [-0.25, -0.2) is 9.97 Å². The van der Waals surface area contributed by atoms with Gasteiger partial charge in [0.15, 0.2) is 0 Å². The third-order valence-electron chi connectivity index (χ3n) is 4.41. The number of carbonyl (C=O) groups is 1. The monoisotopic (exact) mass is 339 g/mol. The topological polar surface area (TPSA) is 70.2 Å². The average Bonchev–Trinajstić information content (AvgIpc) is 3.43. The lowest BCUT2D eigenvalue weighted by atomic mass is 10.1. The van der Waals surface area contributed by atoms with E-state index in [0.29, 0.717) is 17.6 Å². The second-order valence-electron chi connectivity index (χ2n) is 6.34. The number of nitrogens with one attached hydrogen (secondary N) is 2. The van der Waals surface area contributed by atoms with Crippen LogP contribution >= 0.6 is 0 Å². The largest absolute Gasteiger partial charge is 0.372 e. The van der Waals surface area contributed by atoms with Gasteiger partial charge in [0, 0.05) is 42.9 Å². The number of anilines is 3. The molecule has 6 heteroatoms. The van der Waals surface area contributed by atoms with E-state index in [-0.39, 0.29) is 5.91 Å². The van der Waals surface area contributed by atoms with E-state index in [2.05, 4.69) is 58.4 Å². The standard InChI is InChI=1S/C19H25N5O/c1-4-24(5-2)16-8-9-17(13(3)10-16)23-19-20-11-14(12-21-19)18(25)22-15-6-7-15/h8-12,15H,4-7H2,1-3H3,(H,22,25)(H,20,21,23). The minimum Gasteiger partial charge on any atom is -0.372 e. The highest BCUT2D eigenvalue weighted by Gasteiger charge is 2.24. The summed E-state index contributed by atoms with van der Waals surface area (Å²) in [6, 6.07) is 6.63. The lowest BCUT2D eigenvalue weighted by Crippen LogP contribution is -2.25. The van der Waals surface area contributed by atoms with Crippen LogP contribution in [0.1, 0.15) is 42.6 Å². The molecule has 0 radical (unpaired) electrons. The van der Waals surface area contributed by atoms with Crippen LogP contribution in [0.15, 0.2) is 30.6 Å². The molecule has 0 spiro atoms. The molecular weight excluding hydrogens is 314 g/mol. The van der Waals surface area contributed by atoms with Crippen LogP contribution in [0.2, 0.25) is 0 Å². The first kappa shape index (κ1) is 17.2. The van der Waals surface area contributed by atoms with E-state index >= 15 is 0 Å². The van der Waals surface area contributed by atoms with Gasteiger partial charge < -0.3 is 15.5 Å². The highest BCUT2D eigenvalue weighted by molar-refractivity contribution is 5.94. The highest BCUT2D eigenvalue weighted by atomic mass is 16.1. The van der Waals surface area contributed by atoms with E-state index < -0.39 is 0 Å². The summed E-state index contributed by atoms with van der Waals surface area (Å²) < 4.78 is 0. The number of amides is 1. The SMILES string of the molecule is CCN(CC)c1ccc(Nc2ncc(C(=O)NC3CC3)cn2)c(C)c1. The number of rotatable bonds is 7. The quantitative estimate of drug-likeness (QED) is 0.810. The van der Waals surface area contributed by atoms with Crippen molar-refractivity contribution in [1.82, 2.24) is 15.3 Å². The number of hydrogen-bond donors (Lipinski definition) is 2. The number of benzene rings is 1. The summed E-state index contributed by atoms with van der Waals surface area (Å²) in [6.45, 7) is 8.33. The van der Waals surface area contributed by atoms with Crippen molar-refractivity contribution < 1.29 is 4.79 Å². The molecule has 1 aromatic heterocycles. The Kier molecular flexibility index (Phi) is 5.16. The molecule has 0 bridgehead atoms. The normalized spacial score (nSPS) is 13.4. The fourth-order valence-electron chi connectivity index (χ4n) is 2.70. The van der Waals surface area contributed by atoms with Gasteiger partial charge in [-0.05, 0) is 57.4 Å². The maximum absolute atomic E-state index is 12.0. The predicted molar refractivity (Wildman–Crippen MR) is 101 cm³/mol. The van der Waals surface area contributed by atoms with Crippen molar-refractivity contribution in [3.63, 3.8) is 0 Å². The van der Waals surface area contributed by atoms with Crippen molar-refractivity contribution in [2.45, 2.75) is 39.7 Å². The molecule has 1 saturated carbocycles. The van der Waals surface area contributed by atoms with Gasteiger partial charge >= 0.3 is 0 Å². The van der Waals surface area contributed by atoms with Crippen LogP contribution < -0.4 is 15.5 Å². The van der Waals surface area contributed by atoms with Crippen molar-refractivity contribution in [1.29, 1.82) is 0 Å². The van der Waals surface area contributed by atoms with Gasteiger partial charge in [-0.2, -0.15) is 0 Å². The molecule has 1 aliphatic carbocycles. The molecule has 1 amide bonds. The van der Waals surface area contributed by atoms with Crippen LogP contribution in [0, 0.1) is 6.92 Å². The van der Waals surface area contributed by atoms with E-state index in [1.54, 1.807) is 12.4 Å². The molecule has 1 aliphatic rings. The Morgan fingerprint density at radius 2 is 1.88 bits per heavy atom. The van der Waals surface area contributed by atoms with Crippen molar-refractivity contribution in [2.24, 2.45) is 0 Å². The minimum atomic E-state index is -0.103. The molecular formula is C19H25N5O. The Labute approximate surface area is 148 Å². The first-order valence-corrected chi connectivity index (χ1v) is 8.86. The number of hydrogen-bond acceptors (Lipinski definition) is 5. The summed E-state index contributed by atoms with van der Waals surface area (Å²) in [5, 5.41) is 6.15. The molecule has 1 aromatic carbocycles. The van der Waals surface area contributed by atoms with E-state index in [1.165, 1.54) is 5.69 Å². The zero-order valence-corrected chi connectivity index (χ0v) is 15.0. The van der Waals surface area contributed by atoms with Crippen molar-refractivity contribution in [2.75, 3.05) is 23.3 Å². The summed E-state index contributed by atoms with van der Waals surface area (Å²) in [4.78, 5) is 22.8. The number of carbonyl (C=O) groups excluding carboxylic acids is 1. The zero-order chi connectivity index (χ0) is 17.8. The summed E-state index contributed by atoms with van der Waals surface area (Å²) in [5.74, 6) is 0.385. The third kappa shape index (κ3) is 4.26. The van der Waals surface area contributed by atoms with E-state index in [0.717, 1.165) is 37.2 Å². The first-order valence-electron chi connectivity index (χ1n) is 8.86. The van der Waals surface area contributed by atoms with Crippen LogP contribution in [0.3, 0.4) is 0 Å². The Morgan fingerprint density at radius 3 is 2.44 bits per heavy atom. The fourth-order valence-corrected chi connectivity index (χ4v) is 2.70. The second kappa shape index (κ2) is 7.51. The summed E-state index contributed by atoms with van der Waals surface area (Å²) >= 11 is 0. The van der Waals surface area contributed by atoms with Crippen LogP contribution in [-0.4, -0.2) is 35.0 Å². The molecule has 25 heavy (non-hydrogen) atoms. The Morgan fingerprint density at radius 1 is 1.20 bits per heavy atom. The Hall–Kier alpha value is -2.63. The number of aryl methyl sites for hydroxylation is 1. The van der Waals surface area contributed by atoms with Gasteiger partial charge in [0.25, 0.3) is 5.91 Å². The third-order valence-corrected chi connectivity index (χ3v) is 4.41. The molecule has 1 heterocycles. The highest BCUT2D eigenvalue weighted by Crippen LogP contribution is 2.24. The molecule has 1 fully saturated rings. The Balaban J connectivity index is 1.68. The summed E-state index contributed by atoms with van der Waals surface area (Å²) in [6.07, 6.45) is 5.25. The average molecular weight is 339 g/mol. The first-order chi connectivity index (χ1) is 12.1. The van der Waals surface area contributed by atoms with Gasteiger partial charge in [0.05, 0.1) is 5.56 Å². The fraction of sp³-hybridized carbons (Fsp3) is 0.421. The summed E-state index contributed by atoms with van der Waals surface area (Å²) in [5.41, 5.74) is 3.79. The molecule has 0 aliphatic heterocycles. The number of nitrogens with zero attached hydrogens (tertiary/aromatic N) is 3. The number of aromatic nitrogens is 2. The molecule has 3 rings (SSSR count). The Bertz CT molecular complexity index is 736. The molecule has 0 unspecified atom stereocenters. The van der Waals surface area contributed by atoms with Gasteiger partial charge in [0.2, 0.25) is 5.95 Å². The molecule has 2 aromatic rings. The minimum absolute atomic E-state index is 0.103. The van der Waals surface area contributed by atoms with Crippen LogP contribution in [0.25, 0.3) is 0 Å². The molecule has 132 valence electrons. The van der Waals surface area contributed by atoms with Crippen molar-refractivity contribution in [3.05, 3.63) is 41.7 Å². The maximum atomic E-state index is 12.0. The smallest absolute Gasteiger partial charge is 0.254 e. The molecule has 2 N–H and O–H groups in total. The van der Waals surface area contributed by atoms with Crippen molar-refractivity contribution >= 4 is 23.2 Å². The van der Waals surface area contributed by atoms with Gasteiger partial charge in [-0.3, -0.25) is 4.79 Å². The second-order valence-corrected chi connectivity index (χ2v) is 6.34.